The minimum atomic E-state index is -0.469. The van der Waals surface area contributed by atoms with E-state index in [1.807, 2.05) is 26.0 Å². The van der Waals surface area contributed by atoms with Crippen LogP contribution >= 0.6 is 0 Å². The lowest BCUT2D eigenvalue weighted by molar-refractivity contribution is -0.114. The normalized spacial score (nSPS) is 10.6. The second kappa shape index (κ2) is 7.91. The van der Waals surface area contributed by atoms with Gasteiger partial charge in [-0.15, -0.1) is 5.10 Å². The van der Waals surface area contributed by atoms with Crippen molar-refractivity contribution in [2.24, 2.45) is 0 Å². The van der Waals surface area contributed by atoms with Crippen molar-refractivity contribution in [1.82, 2.24) is 20.2 Å². The standard InChI is InChI=1S/C18H21N7O3/c1-10-5-6-14(8-16(10)19-13(4)26)20-18(27)21-17-12(3)25(24-22-17)9-15-7-11(2)23-28-15/h5-8H,9H2,1-4H3,(H,19,26)(H2,20,21,27). The summed E-state index contributed by atoms with van der Waals surface area (Å²) < 4.78 is 6.78. The Hall–Kier alpha value is -3.69. The van der Waals surface area contributed by atoms with Gasteiger partial charge < -0.3 is 15.2 Å². The highest BCUT2D eigenvalue weighted by Gasteiger charge is 2.14. The van der Waals surface area contributed by atoms with E-state index in [2.05, 4.69) is 31.4 Å². The molecule has 0 spiro atoms. The summed E-state index contributed by atoms with van der Waals surface area (Å²) in [6.07, 6.45) is 0. The summed E-state index contributed by atoms with van der Waals surface area (Å²) in [6, 6.07) is 6.58. The van der Waals surface area contributed by atoms with Crippen LogP contribution in [-0.2, 0) is 11.3 Å². The number of aromatic nitrogens is 4. The van der Waals surface area contributed by atoms with Crippen LogP contribution in [0.15, 0.2) is 28.8 Å². The van der Waals surface area contributed by atoms with E-state index in [9.17, 15) is 9.59 Å². The van der Waals surface area contributed by atoms with Crippen LogP contribution in [0.25, 0.3) is 0 Å². The molecule has 0 aliphatic carbocycles. The summed E-state index contributed by atoms with van der Waals surface area (Å²) in [6.45, 7) is 7.28. The SMILES string of the molecule is CC(=O)Nc1cc(NC(=O)Nc2nnn(Cc3cc(C)no3)c2C)ccc1C. The molecule has 10 nitrogen and oxygen atoms in total. The summed E-state index contributed by atoms with van der Waals surface area (Å²) in [5.74, 6) is 0.800. The molecule has 2 aromatic heterocycles. The third kappa shape index (κ3) is 4.53. The zero-order chi connectivity index (χ0) is 20.3. The van der Waals surface area contributed by atoms with Crippen molar-refractivity contribution in [1.29, 1.82) is 0 Å². The fraction of sp³-hybridized carbons (Fsp3) is 0.278. The summed E-state index contributed by atoms with van der Waals surface area (Å²) in [4.78, 5) is 23.6. The molecule has 0 atom stereocenters. The monoisotopic (exact) mass is 383 g/mol. The van der Waals surface area contributed by atoms with E-state index >= 15 is 0 Å². The number of nitrogens with zero attached hydrogens (tertiary/aromatic N) is 4. The number of carbonyl (C=O) groups excluding carboxylic acids is 2. The van der Waals surface area contributed by atoms with E-state index in [1.165, 1.54) is 6.92 Å². The van der Waals surface area contributed by atoms with Gasteiger partial charge in [0.05, 0.1) is 11.4 Å². The third-order valence-electron chi connectivity index (χ3n) is 4.00. The first kappa shape index (κ1) is 19.1. The molecule has 146 valence electrons. The molecule has 0 bridgehead atoms. The number of nitrogens with one attached hydrogen (secondary N) is 3. The molecule has 3 N–H and O–H groups in total. The van der Waals surface area contributed by atoms with Crippen LogP contribution in [0, 0.1) is 20.8 Å². The van der Waals surface area contributed by atoms with Gasteiger partial charge in [0.2, 0.25) is 5.91 Å². The molecule has 2 heterocycles. The smallest absolute Gasteiger partial charge is 0.324 e. The number of urea groups is 1. The molecule has 0 fully saturated rings. The Morgan fingerprint density at radius 1 is 1.11 bits per heavy atom. The Bertz CT molecular complexity index is 1020. The molecule has 10 heteroatoms. The van der Waals surface area contributed by atoms with Crippen LogP contribution in [0.5, 0.6) is 0 Å². The molecule has 0 radical (unpaired) electrons. The average molecular weight is 383 g/mol. The average Bonchev–Trinajstić information content (AvgIpc) is 3.18. The quantitative estimate of drug-likeness (QED) is 0.622. The predicted molar refractivity (Wildman–Crippen MR) is 103 cm³/mol. The molecule has 0 saturated carbocycles. The van der Waals surface area contributed by atoms with E-state index in [-0.39, 0.29) is 5.91 Å². The summed E-state index contributed by atoms with van der Waals surface area (Å²) in [7, 11) is 0. The molecule has 0 saturated heterocycles. The van der Waals surface area contributed by atoms with Gasteiger partial charge in [-0.2, -0.15) is 0 Å². The summed E-state index contributed by atoms with van der Waals surface area (Å²) in [5.41, 5.74) is 3.51. The second-order valence-corrected chi connectivity index (χ2v) is 6.41. The minimum absolute atomic E-state index is 0.182. The molecule has 1 aromatic carbocycles. The number of anilines is 3. The van der Waals surface area contributed by atoms with E-state index in [0.717, 1.165) is 11.3 Å². The van der Waals surface area contributed by atoms with Crippen molar-refractivity contribution < 1.29 is 14.1 Å². The number of amides is 3. The number of aryl methyl sites for hydroxylation is 2. The maximum Gasteiger partial charge on any atom is 0.324 e. The van der Waals surface area contributed by atoms with Gasteiger partial charge in [0.1, 0.15) is 6.54 Å². The maximum atomic E-state index is 12.3. The van der Waals surface area contributed by atoms with E-state index in [4.69, 9.17) is 4.52 Å². The molecule has 3 aromatic rings. The van der Waals surface area contributed by atoms with E-state index < -0.39 is 6.03 Å². The molecular weight excluding hydrogens is 362 g/mol. The van der Waals surface area contributed by atoms with Crippen molar-refractivity contribution in [2.45, 2.75) is 34.2 Å². The Kier molecular flexibility index (Phi) is 5.39. The summed E-state index contributed by atoms with van der Waals surface area (Å²) >= 11 is 0. The molecule has 0 unspecified atom stereocenters. The Balaban J connectivity index is 1.66. The van der Waals surface area contributed by atoms with Gasteiger partial charge in [0.25, 0.3) is 0 Å². The Morgan fingerprint density at radius 2 is 1.89 bits per heavy atom. The van der Waals surface area contributed by atoms with Crippen LogP contribution in [0.4, 0.5) is 22.0 Å². The Labute approximate surface area is 161 Å². The van der Waals surface area contributed by atoms with Crippen LogP contribution in [0.2, 0.25) is 0 Å². The first-order valence-electron chi connectivity index (χ1n) is 8.60. The highest BCUT2D eigenvalue weighted by molar-refractivity contribution is 6.00. The van der Waals surface area contributed by atoms with Crippen molar-refractivity contribution in [3.63, 3.8) is 0 Å². The minimum Gasteiger partial charge on any atom is -0.359 e. The number of hydrogen-bond acceptors (Lipinski definition) is 6. The van der Waals surface area contributed by atoms with Gasteiger partial charge in [-0.3, -0.25) is 10.1 Å². The van der Waals surface area contributed by atoms with E-state index in [1.54, 1.807) is 23.7 Å². The fourth-order valence-electron chi connectivity index (χ4n) is 2.56. The van der Waals surface area contributed by atoms with Gasteiger partial charge in [-0.25, -0.2) is 9.48 Å². The van der Waals surface area contributed by atoms with Crippen LogP contribution in [0.1, 0.15) is 29.6 Å². The number of benzene rings is 1. The summed E-state index contributed by atoms with van der Waals surface area (Å²) in [5, 5.41) is 20.0. The largest absolute Gasteiger partial charge is 0.359 e. The number of hydrogen-bond donors (Lipinski definition) is 3. The topological polar surface area (TPSA) is 127 Å². The molecule has 3 rings (SSSR count). The molecule has 3 amide bonds. The third-order valence-corrected chi connectivity index (χ3v) is 4.00. The lowest BCUT2D eigenvalue weighted by Gasteiger charge is -2.11. The van der Waals surface area contributed by atoms with Gasteiger partial charge in [0, 0.05) is 24.4 Å². The highest BCUT2D eigenvalue weighted by atomic mass is 16.5. The van der Waals surface area contributed by atoms with E-state index in [0.29, 0.717) is 35.2 Å². The van der Waals surface area contributed by atoms with Crippen LogP contribution in [-0.4, -0.2) is 32.1 Å². The van der Waals surface area contributed by atoms with Crippen LogP contribution < -0.4 is 16.0 Å². The van der Waals surface area contributed by atoms with Crippen molar-refractivity contribution >= 4 is 29.1 Å². The van der Waals surface area contributed by atoms with Gasteiger partial charge >= 0.3 is 6.03 Å². The van der Waals surface area contributed by atoms with Crippen LogP contribution in [0.3, 0.4) is 0 Å². The lowest BCUT2D eigenvalue weighted by Crippen LogP contribution is -2.20. The molecule has 0 aliphatic heterocycles. The predicted octanol–water partition coefficient (Wildman–Crippen LogP) is 2.84. The second-order valence-electron chi connectivity index (χ2n) is 6.41. The van der Waals surface area contributed by atoms with Gasteiger partial charge in [0.15, 0.2) is 11.6 Å². The first-order valence-corrected chi connectivity index (χ1v) is 8.60. The zero-order valence-corrected chi connectivity index (χ0v) is 16.0. The number of carbonyl (C=O) groups is 2. The maximum absolute atomic E-state index is 12.3. The molecular formula is C18H21N7O3. The lowest BCUT2D eigenvalue weighted by atomic mass is 10.2. The van der Waals surface area contributed by atoms with Gasteiger partial charge in [-0.05, 0) is 38.5 Å². The fourth-order valence-corrected chi connectivity index (χ4v) is 2.56. The highest BCUT2D eigenvalue weighted by Crippen LogP contribution is 2.21. The van der Waals surface area contributed by atoms with Crippen molar-refractivity contribution in [3.05, 3.63) is 47.0 Å². The van der Waals surface area contributed by atoms with Crippen molar-refractivity contribution in [2.75, 3.05) is 16.0 Å². The van der Waals surface area contributed by atoms with Gasteiger partial charge in [-0.1, -0.05) is 16.4 Å². The first-order chi connectivity index (χ1) is 13.3. The molecule has 0 aliphatic rings. The zero-order valence-electron chi connectivity index (χ0n) is 16.0. The Morgan fingerprint density at radius 3 is 2.57 bits per heavy atom. The number of rotatable bonds is 5. The van der Waals surface area contributed by atoms with Crippen molar-refractivity contribution in [3.8, 4) is 0 Å². The molecule has 28 heavy (non-hydrogen) atoms.